The molecule has 0 aromatic rings. The zero-order chi connectivity index (χ0) is 33.8. The molecular weight excluding hydrogens is 798 g/mol. The minimum Gasteiger partial charge on any atom is -0.458 e. The molecule has 0 heterocycles. The smallest absolute Gasteiger partial charge is 0.306 e. The van der Waals surface area contributed by atoms with Crippen LogP contribution in [0.1, 0.15) is 219 Å². The number of hydrogen-bond acceptors (Lipinski definition) is 4. The van der Waals surface area contributed by atoms with Gasteiger partial charge in [0, 0.05) is 21.7 Å². The monoisotopic (exact) mass is 874 g/mol. The minimum atomic E-state index is -0.355. The molecule has 0 aromatic carbocycles. The van der Waals surface area contributed by atoms with E-state index >= 15 is 0 Å². The molecule has 274 valence electrons. The lowest BCUT2D eigenvalue weighted by Crippen LogP contribution is -2.37. The lowest BCUT2D eigenvalue weighted by molar-refractivity contribution is -0.164. The fourth-order valence-electron chi connectivity index (χ4n) is 6.15. The van der Waals surface area contributed by atoms with E-state index < -0.39 is 0 Å². The highest BCUT2D eigenvalue weighted by Gasteiger charge is 2.27. The van der Waals surface area contributed by atoms with Crippen LogP contribution in [0.5, 0.6) is 0 Å². The number of unbranched alkanes of at least 4 members (excludes halogenated alkanes) is 28. The summed E-state index contributed by atoms with van der Waals surface area (Å²) in [7, 11) is 0. The SMILES string of the molecule is CCCCCCCCCCCCCCCCCC(=O)OC(CI)C(CI)OC(=O)CCCCCCCCCCCCCCCCC. The normalized spacial score (nSPS) is 12.7. The van der Waals surface area contributed by atoms with Crippen LogP contribution < -0.4 is 0 Å². The van der Waals surface area contributed by atoms with Crippen LogP contribution in [-0.4, -0.2) is 33.0 Å². The van der Waals surface area contributed by atoms with E-state index in [2.05, 4.69) is 59.0 Å². The number of carbonyl (C=O) groups is 2. The first-order valence-corrected chi connectivity index (χ1v) is 23.1. The second-order valence-corrected chi connectivity index (χ2v) is 15.5. The van der Waals surface area contributed by atoms with Crippen LogP contribution in [0.2, 0.25) is 0 Å². The Labute approximate surface area is 314 Å². The zero-order valence-corrected chi connectivity index (χ0v) is 34.9. The number of halogens is 2. The van der Waals surface area contributed by atoms with Gasteiger partial charge < -0.3 is 9.47 Å². The van der Waals surface area contributed by atoms with Crippen molar-refractivity contribution in [3.05, 3.63) is 0 Å². The van der Waals surface area contributed by atoms with Crippen molar-refractivity contribution in [2.24, 2.45) is 0 Å². The van der Waals surface area contributed by atoms with E-state index in [1.54, 1.807) is 0 Å². The van der Waals surface area contributed by atoms with Gasteiger partial charge in [-0.2, -0.15) is 0 Å². The quantitative estimate of drug-likeness (QED) is 0.0270. The molecule has 6 heteroatoms. The van der Waals surface area contributed by atoms with Crippen LogP contribution in [0.4, 0.5) is 0 Å². The number of alkyl halides is 2. The Morgan fingerprint density at radius 3 is 0.761 bits per heavy atom. The van der Waals surface area contributed by atoms with Crippen LogP contribution in [0.3, 0.4) is 0 Å². The molecule has 0 radical (unpaired) electrons. The third-order valence-electron chi connectivity index (χ3n) is 9.25. The second-order valence-electron chi connectivity index (χ2n) is 13.8. The maximum absolute atomic E-state index is 12.5. The molecule has 0 N–H and O–H groups in total. The van der Waals surface area contributed by atoms with E-state index in [-0.39, 0.29) is 24.1 Å². The average Bonchev–Trinajstić information content (AvgIpc) is 3.06. The molecule has 0 amide bonds. The van der Waals surface area contributed by atoms with Gasteiger partial charge in [0.25, 0.3) is 0 Å². The van der Waals surface area contributed by atoms with E-state index in [1.165, 1.54) is 167 Å². The van der Waals surface area contributed by atoms with Gasteiger partial charge in [0.2, 0.25) is 0 Å². The highest BCUT2D eigenvalue weighted by Crippen LogP contribution is 2.18. The van der Waals surface area contributed by atoms with Crippen molar-refractivity contribution >= 4 is 57.1 Å². The summed E-state index contributed by atoms with van der Waals surface area (Å²) in [6.07, 6.45) is 39.6. The molecule has 0 spiro atoms. The topological polar surface area (TPSA) is 52.6 Å². The lowest BCUT2D eigenvalue weighted by Gasteiger charge is -2.24. The van der Waals surface area contributed by atoms with E-state index in [4.69, 9.17) is 9.47 Å². The number of rotatable bonds is 37. The summed E-state index contributed by atoms with van der Waals surface area (Å²) in [5, 5.41) is 0. The maximum Gasteiger partial charge on any atom is 0.306 e. The van der Waals surface area contributed by atoms with Gasteiger partial charge in [-0.3, -0.25) is 9.59 Å². The first kappa shape index (κ1) is 46.4. The molecule has 0 aromatic heterocycles. The Balaban J connectivity index is 3.74. The first-order valence-electron chi connectivity index (χ1n) is 20.1. The summed E-state index contributed by atoms with van der Waals surface area (Å²) in [6.45, 7) is 4.56. The molecule has 0 aliphatic carbocycles. The van der Waals surface area contributed by atoms with Crippen LogP contribution >= 0.6 is 45.2 Å². The van der Waals surface area contributed by atoms with Gasteiger partial charge in [-0.1, -0.05) is 239 Å². The summed E-state index contributed by atoms with van der Waals surface area (Å²) in [5.41, 5.74) is 0. The second kappa shape index (κ2) is 38.2. The Morgan fingerprint density at radius 1 is 0.370 bits per heavy atom. The van der Waals surface area contributed by atoms with Gasteiger partial charge in [0.05, 0.1) is 0 Å². The Kier molecular flexibility index (Phi) is 38.5. The van der Waals surface area contributed by atoms with E-state index in [9.17, 15) is 9.59 Å². The predicted octanol–water partition coefficient (Wildman–Crippen LogP) is 14.2. The third kappa shape index (κ3) is 32.9. The van der Waals surface area contributed by atoms with Gasteiger partial charge >= 0.3 is 11.9 Å². The molecule has 0 saturated heterocycles. The molecule has 4 nitrogen and oxygen atoms in total. The third-order valence-corrected chi connectivity index (χ3v) is 11.0. The zero-order valence-electron chi connectivity index (χ0n) is 30.6. The minimum absolute atomic E-state index is 0.148. The highest BCUT2D eigenvalue weighted by atomic mass is 127. The van der Waals surface area contributed by atoms with Crippen molar-refractivity contribution < 1.29 is 19.1 Å². The fourth-order valence-corrected chi connectivity index (χ4v) is 7.64. The molecule has 0 aliphatic rings. The van der Waals surface area contributed by atoms with Gasteiger partial charge in [-0.05, 0) is 12.8 Å². The van der Waals surface area contributed by atoms with Gasteiger partial charge in [-0.15, -0.1) is 0 Å². The summed E-state index contributed by atoms with van der Waals surface area (Å²) in [4.78, 5) is 25.0. The standard InChI is InChI=1S/C40H76I2O4/c1-3-5-7-9-11-13-15-17-19-21-23-25-27-29-31-33-39(43)45-37(35-41)38(36-42)46-40(44)34-32-30-28-26-24-22-20-18-16-14-12-10-8-6-4-2/h37-38H,3-36H2,1-2H3. The van der Waals surface area contributed by atoms with Crippen LogP contribution in [0.15, 0.2) is 0 Å². The molecule has 2 atom stereocenters. The molecule has 46 heavy (non-hydrogen) atoms. The van der Waals surface area contributed by atoms with Gasteiger partial charge in [-0.25, -0.2) is 0 Å². The van der Waals surface area contributed by atoms with E-state index in [1.807, 2.05) is 0 Å². The number of ether oxygens (including phenoxy) is 2. The average molecular weight is 875 g/mol. The van der Waals surface area contributed by atoms with E-state index in [0.29, 0.717) is 21.7 Å². The summed E-state index contributed by atoms with van der Waals surface area (Å²) in [5.74, 6) is -0.297. The summed E-state index contributed by atoms with van der Waals surface area (Å²) < 4.78 is 12.8. The Morgan fingerprint density at radius 2 is 0.565 bits per heavy atom. The molecule has 0 bridgehead atoms. The van der Waals surface area contributed by atoms with Gasteiger partial charge in [0.15, 0.2) is 0 Å². The van der Waals surface area contributed by atoms with Crippen LogP contribution in [0.25, 0.3) is 0 Å². The van der Waals surface area contributed by atoms with E-state index in [0.717, 1.165) is 25.7 Å². The van der Waals surface area contributed by atoms with Crippen molar-refractivity contribution in [2.75, 3.05) is 8.86 Å². The predicted molar refractivity (Wildman–Crippen MR) is 217 cm³/mol. The molecule has 2 unspecified atom stereocenters. The highest BCUT2D eigenvalue weighted by molar-refractivity contribution is 14.1. The molecule has 0 aliphatic heterocycles. The fraction of sp³-hybridized carbons (Fsp3) is 0.950. The van der Waals surface area contributed by atoms with Crippen molar-refractivity contribution in [1.29, 1.82) is 0 Å². The Hall–Kier alpha value is 0.400. The van der Waals surface area contributed by atoms with Crippen molar-refractivity contribution in [3.8, 4) is 0 Å². The molecular formula is C40H76I2O4. The molecule has 0 saturated carbocycles. The number of esters is 2. The molecule has 0 fully saturated rings. The van der Waals surface area contributed by atoms with Crippen LogP contribution in [0, 0.1) is 0 Å². The van der Waals surface area contributed by atoms with Crippen molar-refractivity contribution in [1.82, 2.24) is 0 Å². The number of hydrogen-bond donors (Lipinski definition) is 0. The molecule has 0 rings (SSSR count). The largest absolute Gasteiger partial charge is 0.458 e. The van der Waals surface area contributed by atoms with Crippen molar-refractivity contribution in [2.45, 2.75) is 232 Å². The van der Waals surface area contributed by atoms with Crippen molar-refractivity contribution in [3.63, 3.8) is 0 Å². The lowest BCUT2D eigenvalue weighted by atomic mass is 10.0. The summed E-state index contributed by atoms with van der Waals surface area (Å²) >= 11 is 4.48. The maximum atomic E-state index is 12.5. The Bertz CT molecular complexity index is 591. The number of carbonyl (C=O) groups excluding carboxylic acids is 2. The van der Waals surface area contributed by atoms with Gasteiger partial charge in [0.1, 0.15) is 12.2 Å². The summed E-state index contributed by atoms with van der Waals surface area (Å²) in [6, 6.07) is 0. The first-order chi connectivity index (χ1) is 22.6. The van der Waals surface area contributed by atoms with Crippen LogP contribution in [-0.2, 0) is 19.1 Å².